The Balaban J connectivity index is 2.17. The lowest BCUT2D eigenvalue weighted by Crippen LogP contribution is -2.61. The summed E-state index contributed by atoms with van der Waals surface area (Å²) in [5.41, 5.74) is 0.0195. The molecule has 0 spiro atoms. The standard InChI is InChI=1S/C15H27NO2/c1-4-6-11(2)9-12-10-16-8-5-7-13(16)15(3,18)14(12)17/h9,11,13-14,17-18H,4-8,10H2,1-3H3. The molecule has 2 saturated heterocycles. The lowest BCUT2D eigenvalue weighted by atomic mass is 9.80. The molecule has 2 aliphatic heterocycles. The van der Waals surface area contributed by atoms with Crippen molar-refractivity contribution in [2.75, 3.05) is 13.1 Å². The maximum atomic E-state index is 10.6. The summed E-state index contributed by atoms with van der Waals surface area (Å²) in [6.45, 7) is 8.04. The second-order valence-corrected chi connectivity index (χ2v) is 6.26. The highest BCUT2D eigenvalue weighted by molar-refractivity contribution is 5.23. The van der Waals surface area contributed by atoms with Crippen molar-refractivity contribution >= 4 is 0 Å². The van der Waals surface area contributed by atoms with Crippen molar-refractivity contribution in [3.05, 3.63) is 11.6 Å². The molecule has 2 rings (SSSR count). The Morgan fingerprint density at radius 1 is 1.56 bits per heavy atom. The third-order valence-electron chi connectivity index (χ3n) is 4.57. The molecule has 0 amide bonds. The molecule has 4 unspecified atom stereocenters. The van der Waals surface area contributed by atoms with Gasteiger partial charge in [0.25, 0.3) is 0 Å². The molecule has 0 radical (unpaired) electrons. The number of allylic oxidation sites excluding steroid dienone is 1. The van der Waals surface area contributed by atoms with Gasteiger partial charge >= 0.3 is 0 Å². The molecule has 2 N–H and O–H groups in total. The molecular formula is C15H27NO2. The SMILES string of the molecule is CCCC(C)C=C1CN2CCCC2C(C)(O)C1O. The van der Waals surface area contributed by atoms with Crippen molar-refractivity contribution in [2.45, 2.75) is 64.2 Å². The zero-order valence-corrected chi connectivity index (χ0v) is 11.9. The van der Waals surface area contributed by atoms with Crippen LogP contribution in [0.2, 0.25) is 0 Å². The van der Waals surface area contributed by atoms with E-state index in [2.05, 4.69) is 24.8 Å². The first kappa shape index (κ1) is 14.0. The van der Waals surface area contributed by atoms with Gasteiger partial charge in [-0.3, -0.25) is 4.90 Å². The summed E-state index contributed by atoms with van der Waals surface area (Å²) in [4.78, 5) is 2.33. The first-order valence-electron chi connectivity index (χ1n) is 7.32. The highest BCUT2D eigenvalue weighted by Gasteiger charge is 2.49. The van der Waals surface area contributed by atoms with Crippen molar-refractivity contribution in [1.82, 2.24) is 4.90 Å². The Bertz CT molecular complexity index is 324. The van der Waals surface area contributed by atoms with E-state index in [9.17, 15) is 10.2 Å². The lowest BCUT2D eigenvalue weighted by Gasteiger charge is -2.46. The second-order valence-electron chi connectivity index (χ2n) is 6.26. The van der Waals surface area contributed by atoms with Crippen LogP contribution in [0.1, 0.15) is 46.5 Å². The van der Waals surface area contributed by atoms with E-state index in [1.54, 1.807) is 6.92 Å². The van der Waals surface area contributed by atoms with Crippen LogP contribution in [0.5, 0.6) is 0 Å². The Labute approximate surface area is 110 Å². The zero-order valence-electron chi connectivity index (χ0n) is 11.9. The molecule has 0 bridgehead atoms. The van der Waals surface area contributed by atoms with Crippen molar-refractivity contribution in [3.8, 4) is 0 Å². The molecule has 4 atom stereocenters. The fraction of sp³-hybridized carbons (Fsp3) is 0.867. The summed E-state index contributed by atoms with van der Waals surface area (Å²) in [6.07, 6.45) is 5.91. The molecule has 0 saturated carbocycles. The third-order valence-corrected chi connectivity index (χ3v) is 4.57. The minimum Gasteiger partial charge on any atom is -0.386 e. The lowest BCUT2D eigenvalue weighted by molar-refractivity contribution is -0.110. The number of fused-ring (bicyclic) bond motifs is 1. The summed E-state index contributed by atoms with van der Waals surface area (Å²) in [6, 6.07) is 0.131. The maximum Gasteiger partial charge on any atom is 0.107 e. The molecule has 0 aromatic carbocycles. The Morgan fingerprint density at radius 2 is 2.28 bits per heavy atom. The van der Waals surface area contributed by atoms with Gasteiger partial charge in [0.15, 0.2) is 0 Å². The van der Waals surface area contributed by atoms with Crippen LogP contribution < -0.4 is 0 Å². The monoisotopic (exact) mass is 253 g/mol. The average Bonchev–Trinajstić information content (AvgIpc) is 2.75. The van der Waals surface area contributed by atoms with Crippen LogP contribution in [-0.2, 0) is 0 Å². The molecule has 2 aliphatic rings. The van der Waals surface area contributed by atoms with E-state index in [-0.39, 0.29) is 6.04 Å². The molecular weight excluding hydrogens is 226 g/mol. The van der Waals surface area contributed by atoms with Crippen LogP contribution in [-0.4, -0.2) is 45.9 Å². The summed E-state index contributed by atoms with van der Waals surface area (Å²) in [7, 11) is 0. The summed E-state index contributed by atoms with van der Waals surface area (Å²) >= 11 is 0. The first-order chi connectivity index (χ1) is 8.46. The predicted octanol–water partition coefficient (Wildman–Crippen LogP) is 1.94. The van der Waals surface area contributed by atoms with E-state index < -0.39 is 11.7 Å². The molecule has 2 fully saturated rings. The summed E-state index contributed by atoms with van der Waals surface area (Å²) in [5, 5.41) is 21.0. The predicted molar refractivity (Wildman–Crippen MR) is 73.4 cm³/mol. The van der Waals surface area contributed by atoms with Crippen LogP contribution in [0.3, 0.4) is 0 Å². The van der Waals surface area contributed by atoms with Gasteiger partial charge < -0.3 is 10.2 Å². The summed E-state index contributed by atoms with van der Waals surface area (Å²) < 4.78 is 0. The van der Waals surface area contributed by atoms with Crippen LogP contribution in [0, 0.1) is 5.92 Å². The van der Waals surface area contributed by atoms with Gasteiger partial charge in [0, 0.05) is 12.6 Å². The van der Waals surface area contributed by atoms with Crippen LogP contribution in [0.25, 0.3) is 0 Å². The van der Waals surface area contributed by atoms with Gasteiger partial charge in [0.1, 0.15) is 11.7 Å². The Hall–Kier alpha value is -0.380. The molecule has 0 aromatic rings. The van der Waals surface area contributed by atoms with E-state index in [0.29, 0.717) is 5.92 Å². The van der Waals surface area contributed by atoms with E-state index >= 15 is 0 Å². The summed E-state index contributed by atoms with van der Waals surface area (Å²) in [5.74, 6) is 0.481. The third kappa shape index (κ3) is 2.49. The fourth-order valence-corrected chi connectivity index (χ4v) is 3.60. The second kappa shape index (κ2) is 5.32. The highest BCUT2D eigenvalue weighted by Crippen LogP contribution is 2.37. The molecule has 3 heteroatoms. The first-order valence-corrected chi connectivity index (χ1v) is 7.32. The Kier molecular flexibility index (Phi) is 4.15. The van der Waals surface area contributed by atoms with E-state index in [4.69, 9.17) is 0 Å². The van der Waals surface area contributed by atoms with Gasteiger partial charge in [-0.05, 0) is 44.2 Å². The smallest absolute Gasteiger partial charge is 0.107 e. The van der Waals surface area contributed by atoms with Gasteiger partial charge in [-0.15, -0.1) is 0 Å². The molecule has 18 heavy (non-hydrogen) atoms. The number of aliphatic hydroxyl groups is 2. The van der Waals surface area contributed by atoms with Gasteiger partial charge in [0.2, 0.25) is 0 Å². The van der Waals surface area contributed by atoms with Crippen LogP contribution in [0.4, 0.5) is 0 Å². The fourth-order valence-electron chi connectivity index (χ4n) is 3.60. The van der Waals surface area contributed by atoms with Gasteiger partial charge in [0.05, 0.1) is 0 Å². The number of nitrogens with zero attached hydrogens (tertiary/aromatic N) is 1. The zero-order chi connectivity index (χ0) is 13.3. The van der Waals surface area contributed by atoms with Crippen LogP contribution >= 0.6 is 0 Å². The van der Waals surface area contributed by atoms with Crippen LogP contribution in [0.15, 0.2) is 11.6 Å². The van der Waals surface area contributed by atoms with Crippen molar-refractivity contribution < 1.29 is 10.2 Å². The van der Waals surface area contributed by atoms with Crippen molar-refractivity contribution in [1.29, 1.82) is 0 Å². The maximum absolute atomic E-state index is 10.6. The number of aliphatic hydroxyl groups excluding tert-OH is 1. The molecule has 3 nitrogen and oxygen atoms in total. The number of hydrogen-bond donors (Lipinski definition) is 2. The molecule has 104 valence electrons. The molecule has 0 aromatic heterocycles. The van der Waals surface area contributed by atoms with E-state index in [1.807, 2.05) is 0 Å². The number of rotatable bonds is 3. The minimum atomic E-state index is -0.994. The normalized spacial score (nSPS) is 41.1. The minimum absolute atomic E-state index is 0.131. The largest absolute Gasteiger partial charge is 0.386 e. The number of hydrogen-bond acceptors (Lipinski definition) is 3. The Morgan fingerprint density at radius 3 is 2.94 bits per heavy atom. The van der Waals surface area contributed by atoms with Crippen molar-refractivity contribution in [3.63, 3.8) is 0 Å². The number of piperidine rings is 1. The van der Waals surface area contributed by atoms with Gasteiger partial charge in [-0.2, -0.15) is 0 Å². The van der Waals surface area contributed by atoms with Gasteiger partial charge in [-0.1, -0.05) is 26.3 Å². The van der Waals surface area contributed by atoms with E-state index in [1.165, 1.54) is 0 Å². The topological polar surface area (TPSA) is 43.7 Å². The molecule has 2 heterocycles. The van der Waals surface area contributed by atoms with Gasteiger partial charge in [-0.25, -0.2) is 0 Å². The van der Waals surface area contributed by atoms with E-state index in [0.717, 1.165) is 44.3 Å². The highest BCUT2D eigenvalue weighted by atomic mass is 16.3. The average molecular weight is 253 g/mol. The molecule has 0 aliphatic carbocycles. The quantitative estimate of drug-likeness (QED) is 0.756. The van der Waals surface area contributed by atoms with Crippen molar-refractivity contribution in [2.24, 2.45) is 5.92 Å².